The third-order valence-electron chi connectivity index (χ3n) is 8.88. The molecule has 0 aliphatic heterocycles. The summed E-state index contributed by atoms with van der Waals surface area (Å²) in [7, 11) is 1.30. The Morgan fingerprint density at radius 2 is 1.72 bits per heavy atom. The van der Waals surface area contributed by atoms with Crippen LogP contribution >= 0.6 is 0 Å². The van der Waals surface area contributed by atoms with Crippen LogP contribution < -0.4 is 20.1 Å². The molecule has 8 nitrogen and oxygen atoms in total. The van der Waals surface area contributed by atoms with Crippen LogP contribution in [0.25, 0.3) is 0 Å². The third-order valence-corrected chi connectivity index (χ3v) is 8.88. The smallest absolute Gasteiger partial charge is 0.416 e. The van der Waals surface area contributed by atoms with E-state index in [0.717, 1.165) is 31.3 Å². The Bertz CT molecular complexity index is 1450. The number of ether oxygens (including phenoxy) is 2. The average Bonchev–Trinajstić information content (AvgIpc) is 3.59. The van der Waals surface area contributed by atoms with Crippen LogP contribution in [0.1, 0.15) is 66.4 Å². The fourth-order valence-electron chi connectivity index (χ4n) is 6.75. The number of carbonyl (C=O) groups is 3. The van der Waals surface area contributed by atoms with Crippen LogP contribution in [-0.2, 0) is 15.8 Å². The molecule has 4 unspecified atom stereocenters. The van der Waals surface area contributed by atoms with Gasteiger partial charge in [0.25, 0.3) is 5.91 Å². The highest BCUT2D eigenvalue weighted by Crippen LogP contribution is 2.49. The Labute approximate surface area is 245 Å². The summed E-state index contributed by atoms with van der Waals surface area (Å²) < 4.78 is 66.1. The number of halogens is 4. The van der Waals surface area contributed by atoms with Crippen molar-refractivity contribution >= 4 is 23.8 Å². The minimum Gasteiger partial charge on any atom is -0.496 e. The number of amides is 2. The van der Waals surface area contributed by atoms with Crippen LogP contribution in [0.5, 0.6) is 11.5 Å². The maximum atomic E-state index is 14.9. The van der Waals surface area contributed by atoms with E-state index in [-0.39, 0.29) is 52.2 Å². The number of fused-ring (bicyclic) bond motifs is 2. The van der Waals surface area contributed by atoms with E-state index in [1.54, 1.807) is 6.07 Å². The first-order valence-electron chi connectivity index (χ1n) is 14.2. The largest absolute Gasteiger partial charge is 0.496 e. The molecule has 0 radical (unpaired) electrons. The molecule has 2 aromatic carbocycles. The number of rotatable bonds is 8. The van der Waals surface area contributed by atoms with Crippen molar-refractivity contribution in [2.75, 3.05) is 12.4 Å². The zero-order chi connectivity index (χ0) is 30.9. The molecule has 5 rings (SSSR count). The standard InChI is InChI=1S/C31H31F4N3O5/c1-42-25-13-24(32)26(43-22-6-2-16(15-39)3-7-22)12-23(25)29(40)38-28-19-5-4-18(10-19)27(28)30(41)37-21-9-17(14-36)8-20(11-21)31(33,34)35/h8-9,11-13,15-16,18-19,22,27-28H,2-7,10H2,1H3,(H,37,41)(H,38,40). The number of carbonyl (C=O) groups excluding carboxylic acids is 3. The van der Waals surface area contributed by atoms with Crippen LogP contribution in [-0.4, -0.2) is 37.4 Å². The van der Waals surface area contributed by atoms with Crippen molar-refractivity contribution in [2.45, 2.75) is 63.3 Å². The van der Waals surface area contributed by atoms with Gasteiger partial charge in [-0.2, -0.15) is 18.4 Å². The molecule has 3 aliphatic carbocycles. The van der Waals surface area contributed by atoms with E-state index in [4.69, 9.17) is 9.47 Å². The minimum absolute atomic E-state index is 0.0129. The van der Waals surface area contributed by atoms with Gasteiger partial charge in [0.1, 0.15) is 12.0 Å². The number of hydrogen-bond acceptors (Lipinski definition) is 6. The predicted molar refractivity (Wildman–Crippen MR) is 146 cm³/mol. The van der Waals surface area contributed by atoms with E-state index >= 15 is 0 Å². The van der Waals surface area contributed by atoms with Crippen molar-refractivity contribution < 1.29 is 41.4 Å². The summed E-state index contributed by atoms with van der Waals surface area (Å²) >= 11 is 0. The molecule has 0 saturated heterocycles. The third kappa shape index (κ3) is 6.45. The van der Waals surface area contributed by atoms with Crippen LogP contribution in [0.4, 0.5) is 23.2 Å². The van der Waals surface area contributed by atoms with E-state index < -0.39 is 41.3 Å². The number of aldehydes is 1. The van der Waals surface area contributed by atoms with Gasteiger partial charge < -0.3 is 24.9 Å². The number of benzene rings is 2. The maximum absolute atomic E-state index is 14.9. The lowest BCUT2D eigenvalue weighted by Gasteiger charge is -2.31. The van der Waals surface area contributed by atoms with Crippen molar-refractivity contribution in [3.63, 3.8) is 0 Å². The van der Waals surface area contributed by atoms with Gasteiger partial charge in [0, 0.05) is 23.7 Å². The first-order valence-corrected chi connectivity index (χ1v) is 14.2. The van der Waals surface area contributed by atoms with Crippen molar-refractivity contribution in [1.82, 2.24) is 5.32 Å². The summed E-state index contributed by atoms with van der Waals surface area (Å²) in [5, 5.41) is 14.6. The highest BCUT2D eigenvalue weighted by Gasteiger charge is 2.51. The van der Waals surface area contributed by atoms with Gasteiger partial charge in [-0.25, -0.2) is 4.39 Å². The van der Waals surface area contributed by atoms with Gasteiger partial charge in [0.2, 0.25) is 5.91 Å². The molecule has 0 aromatic heterocycles. The molecule has 12 heteroatoms. The molecule has 0 spiro atoms. The molecule has 3 fully saturated rings. The molecular weight excluding hydrogens is 570 g/mol. The summed E-state index contributed by atoms with van der Waals surface area (Å²) in [5.41, 5.74) is -1.45. The van der Waals surface area contributed by atoms with Crippen molar-refractivity contribution in [3.8, 4) is 17.6 Å². The maximum Gasteiger partial charge on any atom is 0.416 e. The van der Waals surface area contributed by atoms with Crippen LogP contribution in [0.3, 0.4) is 0 Å². The SMILES string of the molecule is COc1cc(F)c(OC2CCC(C=O)CC2)cc1C(=O)NC1C2CCC(C2)C1C(=O)Nc1cc(C#N)cc(C(F)(F)F)c1. The van der Waals surface area contributed by atoms with Gasteiger partial charge in [-0.1, -0.05) is 0 Å². The highest BCUT2D eigenvalue weighted by atomic mass is 19.4. The Hall–Kier alpha value is -4.14. The fraction of sp³-hybridized carbons (Fsp3) is 0.484. The monoisotopic (exact) mass is 601 g/mol. The van der Waals surface area contributed by atoms with Crippen molar-refractivity contribution in [1.29, 1.82) is 5.26 Å². The summed E-state index contributed by atoms with van der Waals surface area (Å²) in [5.74, 6) is -2.91. The van der Waals surface area contributed by atoms with E-state index in [9.17, 15) is 37.2 Å². The van der Waals surface area contributed by atoms with Gasteiger partial charge in [-0.3, -0.25) is 9.59 Å². The molecular formula is C31H31F4N3O5. The normalized spacial score (nSPS) is 26.3. The Balaban J connectivity index is 1.34. The Morgan fingerprint density at radius 1 is 1.00 bits per heavy atom. The molecule has 4 atom stereocenters. The Morgan fingerprint density at radius 3 is 2.37 bits per heavy atom. The minimum atomic E-state index is -4.71. The van der Waals surface area contributed by atoms with Crippen LogP contribution in [0, 0.1) is 40.8 Å². The molecule has 2 N–H and O–H groups in total. The lowest BCUT2D eigenvalue weighted by Crippen LogP contribution is -2.48. The second kappa shape index (κ2) is 12.2. The Kier molecular flexibility index (Phi) is 8.62. The molecule has 0 heterocycles. The van der Waals surface area contributed by atoms with Crippen LogP contribution in [0.15, 0.2) is 30.3 Å². The average molecular weight is 602 g/mol. The molecule has 2 amide bonds. The quantitative estimate of drug-likeness (QED) is 0.299. The van der Waals surface area contributed by atoms with Gasteiger partial charge in [-0.15, -0.1) is 0 Å². The number of nitrogens with zero attached hydrogens (tertiary/aromatic N) is 1. The molecule has 3 saturated carbocycles. The van der Waals surface area contributed by atoms with E-state index in [0.29, 0.717) is 38.2 Å². The lowest BCUT2D eigenvalue weighted by atomic mass is 9.83. The van der Waals surface area contributed by atoms with Gasteiger partial charge in [0.05, 0.1) is 41.9 Å². The summed E-state index contributed by atoms with van der Waals surface area (Å²) in [6, 6.07) is 6.04. The number of anilines is 1. The first kappa shape index (κ1) is 30.3. The zero-order valence-corrected chi connectivity index (χ0v) is 23.4. The molecule has 228 valence electrons. The molecule has 2 aromatic rings. The number of nitriles is 1. The predicted octanol–water partition coefficient (Wildman–Crippen LogP) is 5.64. The van der Waals surface area contributed by atoms with E-state index in [1.165, 1.54) is 19.2 Å². The number of hydrogen-bond donors (Lipinski definition) is 2. The fourth-order valence-corrected chi connectivity index (χ4v) is 6.75. The lowest BCUT2D eigenvalue weighted by molar-refractivity contribution is -0.137. The number of nitrogens with one attached hydrogen (secondary N) is 2. The van der Waals surface area contributed by atoms with Crippen LogP contribution in [0.2, 0.25) is 0 Å². The molecule has 3 aliphatic rings. The van der Waals surface area contributed by atoms with E-state index in [2.05, 4.69) is 10.6 Å². The second-order valence-electron chi connectivity index (χ2n) is 11.5. The molecule has 2 bridgehead atoms. The van der Waals surface area contributed by atoms with Crippen molar-refractivity contribution in [3.05, 3.63) is 52.8 Å². The van der Waals surface area contributed by atoms with Gasteiger partial charge >= 0.3 is 6.18 Å². The topological polar surface area (TPSA) is 118 Å². The summed E-state index contributed by atoms with van der Waals surface area (Å²) in [6.45, 7) is 0. The van der Waals surface area contributed by atoms with Gasteiger partial charge in [-0.05, 0) is 81.0 Å². The second-order valence-corrected chi connectivity index (χ2v) is 11.5. The summed E-state index contributed by atoms with van der Waals surface area (Å²) in [6.07, 6.45) is 0.446. The molecule has 43 heavy (non-hydrogen) atoms. The zero-order valence-electron chi connectivity index (χ0n) is 23.4. The number of methoxy groups -OCH3 is 1. The summed E-state index contributed by atoms with van der Waals surface area (Å²) in [4.78, 5) is 38.1. The highest BCUT2D eigenvalue weighted by molar-refractivity contribution is 5.99. The van der Waals surface area contributed by atoms with Gasteiger partial charge in [0.15, 0.2) is 11.6 Å². The number of alkyl halides is 3. The van der Waals surface area contributed by atoms with Crippen molar-refractivity contribution in [2.24, 2.45) is 23.7 Å². The van der Waals surface area contributed by atoms with E-state index in [1.807, 2.05) is 0 Å². The first-order chi connectivity index (χ1) is 20.5.